The Morgan fingerprint density at radius 1 is 1.28 bits per heavy atom. The quantitative estimate of drug-likeness (QED) is 0.708. The van der Waals surface area contributed by atoms with E-state index in [1.54, 1.807) is 30.3 Å². The maximum atomic E-state index is 12.4. The molecule has 0 aliphatic carbocycles. The number of furan rings is 1. The van der Waals surface area contributed by atoms with Crippen LogP contribution in [0.25, 0.3) is 0 Å². The highest BCUT2D eigenvalue weighted by Crippen LogP contribution is 2.20. The van der Waals surface area contributed by atoms with Gasteiger partial charge in [0, 0.05) is 6.07 Å². The normalized spacial score (nSPS) is 12.6. The number of hydrogen-bond acceptors (Lipinski definition) is 6. The Hall–Kier alpha value is -2.65. The second-order valence-electron chi connectivity index (χ2n) is 5.23. The monoisotopic (exact) mass is 367 g/mol. The number of carboxylic acid groups (broad SMARTS) is 1. The highest BCUT2D eigenvalue weighted by molar-refractivity contribution is 7.89. The molecule has 1 atom stereocenters. The van der Waals surface area contributed by atoms with Crippen molar-refractivity contribution in [3.63, 3.8) is 0 Å². The number of carbonyl (C=O) groups is 2. The molecule has 0 saturated heterocycles. The van der Waals surface area contributed by atoms with Crippen molar-refractivity contribution >= 4 is 22.0 Å². The number of nitrogens with one attached hydrogen (secondary N) is 1. The minimum atomic E-state index is -4.27. The van der Waals surface area contributed by atoms with Gasteiger partial charge in [-0.2, -0.15) is 4.72 Å². The van der Waals surface area contributed by atoms with Gasteiger partial charge < -0.3 is 14.3 Å². The molecule has 1 aromatic heterocycles. The molecule has 2 N–H and O–H groups in total. The third kappa shape index (κ3) is 4.46. The Bertz CT molecular complexity index is 871. The maximum absolute atomic E-state index is 12.4. The number of carbonyl (C=O) groups excluding carboxylic acids is 1. The minimum absolute atomic E-state index is 0.0427. The molecule has 1 heterocycles. The predicted octanol–water partition coefficient (Wildman–Crippen LogP) is 1.35. The van der Waals surface area contributed by atoms with Crippen molar-refractivity contribution in [2.75, 3.05) is 7.11 Å². The van der Waals surface area contributed by atoms with Crippen molar-refractivity contribution in [2.45, 2.75) is 24.5 Å². The lowest BCUT2D eigenvalue weighted by Crippen LogP contribution is -2.42. The number of methoxy groups -OCH3 is 1. The van der Waals surface area contributed by atoms with E-state index in [0.29, 0.717) is 5.56 Å². The molecular weight excluding hydrogens is 350 g/mol. The predicted molar refractivity (Wildman–Crippen MR) is 86.7 cm³/mol. The van der Waals surface area contributed by atoms with Crippen molar-refractivity contribution in [1.82, 2.24) is 4.72 Å². The lowest BCUT2D eigenvalue weighted by Gasteiger charge is -2.13. The number of carboxylic acids is 1. The van der Waals surface area contributed by atoms with Crippen LogP contribution < -0.4 is 4.72 Å². The van der Waals surface area contributed by atoms with E-state index < -0.39 is 33.1 Å². The van der Waals surface area contributed by atoms with E-state index in [-0.39, 0.29) is 17.7 Å². The summed E-state index contributed by atoms with van der Waals surface area (Å²) in [5.41, 5.74) is 0.612. The van der Waals surface area contributed by atoms with Gasteiger partial charge in [-0.3, -0.25) is 4.79 Å². The van der Waals surface area contributed by atoms with Crippen LogP contribution in [0.5, 0.6) is 0 Å². The van der Waals surface area contributed by atoms with E-state index >= 15 is 0 Å². The molecule has 9 heteroatoms. The van der Waals surface area contributed by atoms with Crippen LogP contribution in [0, 0.1) is 6.92 Å². The number of sulfonamides is 1. The molecule has 134 valence electrons. The number of aliphatic carboxylic acids is 1. The van der Waals surface area contributed by atoms with Crippen LogP contribution in [-0.4, -0.2) is 38.6 Å². The molecular formula is C16H17NO7S. The lowest BCUT2D eigenvalue weighted by atomic mass is 10.1. The van der Waals surface area contributed by atoms with E-state index in [1.807, 2.05) is 0 Å². The van der Waals surface area contributed by atoms with E-state index in [9.17, 15) is 23.1 Å². The molecule has 0 aliphatic heterocycles. The van der Waals surface area contributed by atoms with Crippen LogP contribution in [0.2, 0.25) is 0 Å². The molecule has 0 spiro atoms. The average molecular weight is 367 g/mol. The number of aryl methyl sites for hydroxylation is 1. The minimum Gasteiger partial charge on any atom is -0.480 e. The Morgan fingerprint density at radius 2 is 1.92 bits per heavy atom. The first-order valence-corrected chi connectivity index (χ1v) is 8.70. The van der Waals surface area contributed by atoms with Gasteiger partial charge in [-0.25, -0.2) is 13.2 Å². The van der Waals surface area contributed by atoms with Crippen LogP contribution in [0.1, 0.15) is 21.7 Å². The second kappa shape index (κ2) is 7.49. The highest BCUT2D eigenvalue weighted by Gasteiger charge is 2.30. The zero-order valence-electron chi connectivity index (χ0n) is 13.6. The number of esters is 1. The summed E-state index contributed by atoms with van der Waals surface area (Å²) in [6.07, 6.45) is -0.0427. The molecule has 2 rings (SSSR count). The van der Waals surface area contributed by atoms with Gasteiger partial charge in [0.1, 0.15) is 17.4 Å². The molecule has 0 fully saturated rings. The molecule has 1 aromatic carbocycles. The summed E-state index contributed by atoms with van der Waals surface area (Å²) in [6, 6.07) is 8.21. The molecule has 2 aromatic rings. The summed E-state index contributed by atoms with van der Waals surface area (Å²) in [5, 5.41) is 8.75. The van der Waals surface area contributed by atoms with Crippen LogP contribution in [0.4, 0.5) is 0 Å². The summed E-state index contributed by atoms with van der Waals surface area (Å²) in [7, 11) is -3.12. The van der Waals surface area contributed by atoms with Crippen molar-refractivity contribution in [2.24, 2.45) is 0 Å². The fraction of sp³-hybridized carbons (Fsp3) is 0.250. The summed E-state index contributed by atoms with van der Waals surface area (Å²) in [4.78, 5) is 23.0. The van der Waals surface area contributed by atoms with E-state index in [4.69, 9.17) is 4.42 Å². The molecule has 25 heavy (non-hydrogen) atoms. The molecule has 0 amide bonds. The SMILES string of the molecule is COC(=O)c1cc(S(=O)(=O)N[C@@H](Cc2ccccc2)C(=O)O)oc1C. The van der Waals surface area contributed by atoms with Gasteiger partial charge in [-0.15, -0.1) is 0 Å². The molecule has 8 nitrogen and oxygen atoms in total. The molecule has 0 radical (unpaired) electrons. The Kier molecular flexibility index (Phi) is 5.60. The summed E-state index contributed by atoms with van der Waals surface area (Å²) >= 11 is 0. The standard InChI is InChI=1S/C16H17NO7S/c1-10-12(16(20)23-2)9-14(24-10)25(21,22)17-13(15(18)19)8-11-6-4-3-5-7-11/h3-7,9,13,17H,8H2,1-2H3,(H,18,19)/t13-/m0/s1. The summed E-state index contributed by atoms with van der Waals surface area (Å²) in [6.45, 7) is 1.41. The highest BCUT2D eigenvalue weighted by atomic mass is 32.2. The Labute approximate surface area is 144 Å². The number of hydrogen-bond donors (Lipinski definition) is 2. The molecule has 0 bridgehead atoms. The maximum Gasteiger partial charge on any atom is 0.341 e. The molecule has 0 aliphatic rings. The van der Waals surface area contributed by atoms with Crippen LogP contribution in [0.15, 0.2) is 45.9 Å². The zero-order chi connectivity index (χ0) is 18.6. The van der Waals surface area contributed by atoms with Gasteiger partial charge in [0.05, 0.1) is 7.11 Å². The van der Waals surface area contributed by atoms with Gasteiger partial charge in [0.25, 0.3) is 10.0 Å². The Balaban J connectivity index is 2.26. The van der Waals surface area contributed by atoms with Gasteiger partial charge >= 0.3 is 11.9 Å². The first kappa shape index (κ1) is 18.7. The van der Waals surface area contributed by atoms with Crippen molar-refractivity contribution in [1.29, 1.82) is 0 Å². The first-order chi connectivity index (χ1) is 11.7. The first-order valence-electron chi connectivity index (χ1n) is 7.22. The van der Waals surface area contributed by atoms with Crippen LogP contribution in [0.3, 0.4) is 0 Å². The van der Waals surface area contributed by atoms with Gasteiger partial charge in [-0.05, 0) is 18.9 Å². The van der Waals surface area contributed by atoms with E-state index in [0.717, 1.165) is 13.2 Å². The topological polar surface area (TPSA) is 123 Å². The average Bonchev–Trinajstić information content (AvgIpc) is 2.97. The zero-order valence-corrected chi connectivity index (χ0v) is 14.4. The van der Waals surface area contributed by atoms with Crippen molar-refractivity contribution < 1.29 is 32.3 Å². The second-order valence-corrected chi connectivity index (χ2v) is 6.87. The van der Waals surface area contributed by atoms with Gasteiger partial charge in [0.2, 0.25) is 5.09 Å². The van der Waals surface area contributed by atoms with Crippen molar-refractivity contribution in [3.05, 3.63) is 53.3 Å². The van der Waals surface area contributed by atoms with Gasteiger partial charge in [0.15, 0.2) is 0 Å². The Morgan fingerprint density at radius 3 is 2.48 bits per heavy atom. The van der Waals surface area contributed by atoms with Gasteiger partial charge in [-0.1, -0.05) is 30.3 Å². The third-order valence-electron chi connectivity index (χ3n) is 3.44. The lowest BCUT2D eigenvalue weighted by molar-refractivity contribution is -0.138. The molecule has 0 saturated carbocycles. The van der Waals surface area contributed by atoms with Crippen LogP contribution >= 0.6 is 0 Å². The molecule has 0 unspecified atom stereocenters. The number of benzene rings is 1. The van der Waals surface area contributed by atoms with E-state index in [1.165, 1.54) is 6.92 Å². The van der Waals surface area contributed by atoms with Crippen molar-refractivity contribution in [3.8, 4) is 0 Å². The summed E-state index contributed by atoms with van der Waals surface area (Å²) in [5.74, 6) is -2.02. The summed E-state index contributed by atoms with van der Waals surface area (Å²) < 4.78 is 36.5. The largest absolute Gasteiger partial charge is 0.480 e. The fourth-order valence-electron chi connectivity index (χ4n) is 2.17. The van der Waals surface area contributed by atoms with Crippen LogP contribution in [-0.2, 0) is 26.0 Å². The third-order valence-corrected chi connectivity index (χ3v) is 4.77. The smallest absolute Gasteiger partial charge is 0.341 e. The van der Waals surface area contributed by atoms with E-state index in [2.05, 4.69) is 9.46 Å². The number of ether oxygens (including phenoxy) is 1. The number of rotatable bonds is 7. The fourth-order valence-corrected chi connectivity index (χ4v) is 3.36.